The Kier molecular flexibility index (Phi) is 6.56. The average Bonchev–Trinajstić information content (AvgIpc) is 3.17. The van der Waals surface area contributed by atoms with Crippen LogP contribution in [0.15, 0.2) is 36.4 Å². The Morgan fingerprint density at radius 3 is 2.37 bits per heavy atom. The fraction of sp³-hybridized carbons (Fsp3) is 0.318. The summed E-state index contributed by atoms with van der Waals surface area (Å²) in [6, 6.07) is 9.50. The molecule has 0 radical (unpaired) electrons. The lowest BCUT2D eigenvalue weighted by atomic mass is 10.1. The number of nitrogens with one attached hydrogen (secondary N) is 1. The van der Waals surface area contributed by atoms with Gasteiger partial charge in [-0.25, -0.2) is 4.79 Å². The van der Waals surface area contributed by atoms with Crippen LogP contribution in [0.5, 0.6) is 17.2 Å². The summed E-state index contributed by atoms with van der Waals surface area (Å²) in [5, 5.41) is 2.57. The molecule has 0 aromatic heterocycles. The van der Waals surface area contributed by atoms with E-state index in [0.29, 0.717) is 35.3 Å². The van der Waals surface area contributed by atoms with Gasteiger partial charge in [-0.15, -0.1) is 0 Å². The molecule has 1 heterocycles. The van der Waals surface area contributed by atoms with Crippen molar-refractivity contribution >= 4 is 23.3 Å². The fourth-order valence-electron chi connectivity index (χ4n) is 2.69. The summed E-state index contributed by atoms with van der Waals surface area (Å²) in [5.74, 6) is 0.427. The Balaban J connectivity index is 1.57. The Labute approximate surface area is 174 Å². The van der Waals surface area contributed by atoms with Crippen LogP contribution in [-0.2, 0) is 9.53 Å². The number of Topliss-reactive ketones (excluding diaryl/α,β-unsaturated/α-hetero) is 1. The van der Waals surface area contributed by atoms with Crippen LogP contribution in [-0.4, -0.2) is 37.7 Å². The predicted molar refractivity (Wildman–Crippen MR) is 108 cm³/mol. The number of hydrogen-bond donors (Lipinski definition) is 1. The van der Waals surface area contributed by atoms with E-state index in [1.54, 1.807) is 24.3 Å². The van der Waals surface area contributed by atoms with E-state index in [2.05, 4.69) is 5.32 Å². The number of amides is 1. The first-order valence-corrected chi connectivity index (χ1v) is 9.48. The van der Waals surface area contributed by atoms with Gasteiger partial charge in [-0.3, -0.25) is 9.59 Å². The minimum Gasteiger partial charge on any atom is -0.493 e. The molecule has 0 saturated heterocycles. The maximum Gasteiger partial charge on any atom is 0.338 e. The van der Waals surface area contributed by atoms with E-state index >= 15 is 0 Å². The third-order valence-corrected chi connectivity index (χ3v) is 4.17. The molecule has 2 aromatic carbocycles. The van der Waals surface area contributed by atoms with E-state index < -0.39 is 18.5 Å². The zero-order valence-corrected chi connectivity index (χ0v) is 17.0. The molecule has 0 unspecified atom stereocenters. The molecule has 30 heavy (non-hydrogen) atoms. The first-order chi connectivity index (χ1) is 14.3. The van der Waals surface area contributed by atoms with E-state index in [9.17, 15) is 14.4 Å². The number of rotatable bonds is 8. The highest BCUT2D eigenvalue weighted by Crippen LogP contribution is 2.37. The van der Waals surface area contributed by atoms with Crippen LogP contribution in [0.4, 0.5) is 5.69 Å². The molecule has 2 aromatic rings. The monoisotopic (exact) mass is 413 g/mol. The van der Waals surface area contributed by atoms with Gasteiger partial charge in [0.15, 0.2) is 23.9 Å². The molecule has 0 bridgehead atoms. The molecule has 0 atom stereocenters. The molecule has 8 nitrogen and oxygen atoms in total. The first-order valence-electron chi connectivity index (χ1n) is 9.48. The van der Waals surface area contributed by atoms with E-state index in [1.165, 1.54) is 19.1 Å². The highest BCUT2D eigenvalue weighted by Gasteiger charge is 2.21. The van der Waals surface area contributed by atoms with Crippen molar-refractivity contribution in [2.75, 3.05) is 25.3 Å². The summed E-state index contributed by atoms with van der Waals surface area (Å²) in [7, 11) is 0. The van der Waals surface area contributed by atoms with Crippen molar-refractivity contribution in [1.29, 1.82) is 0 Å². The van der Waals surface area contributed by atoms with E-state index in [1.807, 2.05) is 13.8 Å². The van der Waals surface area contributed by atoms with E-state index in [-0.39, 0.29) is 23.8 Å². The summed E-state index contributed by atoms with van der Waals surface area (Å²) in [4.78, 5) is 36.3. The molecule has 0 fully saturated rings. The SMILES string of the molecule is CC(=O)c1cc2c(cc1NC(=O)COC(=O)c1ccc(OCC(C)C)cc1)OCO2. The van der Waals surface area contributed by atoms with Gasteiger partial charge in [0.05, 0.1) is 17.9 Å². The van der Waals surface area contributed by atoms with Crippen LogP contribution < -0.4 is 19.5 Å². The molecular formula is C22H23NO7. The van der Waals surface area contributed by atoms with Crippen molar-refractivity contribution in [3.05, 3.63) is 47.5 Å². The van der Waals surface area contributed by atoms with Crippen molar-refractivity contribution < 1.29 is 33.3 Å². The van der Waals surface area contributed by atoms with Gasteiger partial charge in [-0.05, 0) is 43.2 Å². The summed E-state index contributed by atoms with van der Waals surface area (Å²) < 4.78 is 21.1. The normalized spacial score (nSPS) is 11.9. The first kappa shape index (κ1) is 21.2. The standard InChI is InChI=1S/C22H23NO7/c1-13(2)10-27-16-6-4-15(5-7-16)22(26)28-11-21(25)23-18-9-20-19(29-12-30-20)8-17(18)14(3)24/h4-9,13H,10-12H2,1-3H3,(H,23,25). The van der Waals surface area contributed by atoms with Crippen LogP contribution in [0.3, 0.4) is 0 Å². The number of hydrogen-bond acceptors (Lipinski definition) is 7. The van der Waals surface area contributed by atoms with Gasteiger partial charge in [0.1, 0.15) is 5.75 Å². The number of benzene rings is 2. The maximum absolute atomic E-state index is 12.2. The lowest BCUT2D eigenvalue weighted by molar-refractivity contribution is -0.119. The second-order valence-electron chi connectivity index (χ2n) is 7.16. The lowest BCUT2D eigenvalue weighted by Gasteiger charge is -2.11. The molecule has 0 saturated carbocycles. The number of fused-ring (bicyclic) bond motifs is 1. The molecule has 1 aliphatic rings. The summed E-state index contributed by atoms with van der Waals surface area (Å²) in [6.45, 7) is 5.58. The van der Waals surface area contributed by atoms with Crippen molar-refractivity contribution in [2.24, 2.45) is 5.92 Å². The van der Waals surface area contributed by atoms with Crippen LogP contribution >= 0.6 is 0 Å². The number of ketones is 1. The Morgan fingerprint density at radius 2 is 1.73 bits per heavy atom. The zero-order valence-electron chi connectivity index (χ0n) is 17.0. The van der Waals surface area contributed by atoms with E-state index in [0.717, 1.165) is 0 Å². The van der Waals surface area contributed by atoms with Crippen LogP contribution in [0, 0.1) is 5.92 Å². The highest BCUT2D eigenvalue weighted by atomic mass is 16.7. The number of anilines is 1. The van der Waals surface area contributed by atoms with Gasteiger partial charge in [-0.1, -0.05) is 13.8 Å². The summed E-state index contributed by atoms with van der Waals surface area (Å²) in [6.07, 6.45) is 0. The topological polar surface area (TPSA) is 100 Å². The van der Waals surface area contributed by atoms with Gasteiger partial charge in [-0.2, -0.15) is 0 Å². The Morgan fingerprint density at radius 1 is 1.07 bits per heavy atom. The lowest BCUT2D eigenvalue weighted by Crippen LogP contribution is -2.22. The second-order valence-corrected chi connectivity index (χ2v) is 7.16. The van der Waals surface area contributed by atoms with Crippen LogP contribution in [0.1, 0.15) is 41.5 Å². The molecular weight excluding hydrogens is 390 g/mol. The third-order valence-electron chi connectivity index (χ3n) is 4.17. The molecule has 3 rings (SSSR count). The molecule has 1 aliphatic heterocycles. The number of carbonyl (C=O) groups excluding carboxylic acids is 3. The van der Waals surface area contributed by atoms with Gasteiger partial charge < -0.3 is 24.3 Å². The fourth-order valence-corrected chi connectivity index (χ4v) is 2.69. The molecule has 1 N–H and O–H groups in total. The molecule has 158 valence electrons. The highest BCUT2D eigenvalue weighted by molar-refractivity contribution is 6.05. The van der Waals surface area contributed by atoms with Gasteiger partial charge in [0.2, 0.25) is 6.79 Å². The zero-order chi connectivity index (χ0) is 21.7. The molecule has 0 aliphatic carbocycles. The maximum atomic E-state index is 12.2. The molecule has 0 spiro atoms. The number of esters is 1. The van der Waals surface area contributed by atoms with Crippen molar-refractivity contribution in [1.82, 2.24) is 0 Å². The quantitative estimate of drug-likeness (QED) is 0.523. The van der Waals surface area contributed by atoms with Crippen molar-refractivity contribution in [3.63, 3.8) is 0 Å². The minimum absolute atomic E-state index is 0.0446. The molecule has 1 amide bonds. The smallest absolute Gasteiger partial charge is 0.338 e. The van der Waals surface area contributed by atoms with Crippen molar-refractivity contribution in [2.45, 2.75) is 20.8 Å². The summed E-state index contributed by atoms with van der Waals surface area (Å²) >= 11 is 0. The van der Waals surface area contributed by atoms with Gasteiger partial charge in [0.25, 0.3) is 5.91 Å². The van der Waals surface area contributed by atoms with E-state index in [4.69, 9.17) is 18.9 Å². The Hall–Kier alpha value is -3.55. The van der Waals surface area contributed by atoms with Crippen LogP contribution in [0.2, 0.25) is 0 Å². The largest absolute Gasteiger partial charge is 0.493 e. The minimum atomic E-state index is -0.641. The van der Waals surface area contributed by atoms with Crippen LogP contribution in [0.25, 0.3) is 0 Å². The summed E-state index contributed by atoms with van der Waals surface area (Å²) in [5.41, 5.74) is 0.836. The van der Waals surface area contributed by atoms with Gasteiger partial charge in [0, 0.05) is 11.6 Å². The van der Waals surface area contributed by atoms with Crippen molar-refractivity contribution in [3.8, 4) is 17.2 Å². The predicted octanol–water partition coefficient (Wildman–Crippen LogP) is 3.45. The average molecular weight is 413 g/mol. The number of carbonyl (C=O) groups is 3. The second kappa shape index (κ2) is 9.30. The molecule has 8 heteroatoms. The Bertz CT molecular complexity index is 951. The number of ether oxygens (including phenoxy) is 4. The van der Waals surface area contributed by atoms with Gasteiger partial charge >= 0.3 is 5.97 Å². The third kappa shape index (κ3) is 5.28.